The van der Waals surface area contributed by atoms with E-state index in [2.05, 4.69) is 5.32 Å². The Bertz CT molecular complexity index is 115. The van der Waals surface area contributed by atoms with Gasteiger partial charge in [-0.15, -0.1) is 0 Å². The number of nitrogens with one attached hydrogen (secondary N) is 1. The van der Waals surface area contributed by atoms with Crippen LogP contribution in [0.4, 0.5) is 0 Å². The predicted molar refractivity (Wildman–Crippen MR) is 39.0 cm³/mol. The molecule has 59 valence electrons. The molecule has 0 rings (SSSR count). The molecule has 0 saturated heterocycles. The highest BCUT2D eigenvalue weighted by Crippen LogP contribution is 2.16. The fourth-order valence-electron chi connectivity index (χ4n) is 0.522. The zero-order valence-electron chi connectivity index (χ0n) is 6.64. The summed E-state index contributed by atoms with van der Waals surface area (Å²) in [5.74, 6) is -0.227. The van der Waals surface area contributed by atoms with E-state index in [1.165, 1.54) is 6.42 Å². The van der Waals surface area contributed by atoms with E-state index < -0.39 is 0 Å². The minimum atomic E-state index is -0.300. The predicted octanol–water partition coefficient (Wildman–Crippen LogP) is 0.303. The maximum atomic E-state index is 10.7. The quantitative estimate of drug-likeness (QED) is 0.548. The Kier molecular flexibility index (Phi) is 3.36. The highest BCUT2D eigenvalue weighted by molar-refractivity contribution is 5.85. The van der Waals surface area contributed by atoms with Gasteiger partial charge in [-0.1, -0.05) is 20.8 Å². The smallest absolute Gasteiger partial charge is 0.226 e. The van der Waals surface area contributed by atoms with Crippen LogP contribution in [0, 0.1) is 11.8 Å². The molecule has 3 nitrogen and oxygen atoms in total. The zero-order valence-corrected chi connectivity index (χ0v) is 6.64. The molecule has 0 spiro atoms. The molecule has 0 fully saturated rings. The van der Waals surface area contributed by atoms with Crippen molar-refractivity contribution >= 4 is 5.91 Å². The minimum absolute atomic E-state index is 0.126. The van der Waals surface area contributed by atoms with E-state index in [9.17, 15) is 4.79 Å². The molecule has 1 radical (unpaired) electrons. The Morgan fingerprint density at radius 1 is 1.60 bits per heavy atom. The summed E-state index contributed by atoms with van der Waals surface area (Å²) in [6.45, 7) is 5.46. The molecule has 0 aliphatic rings. The molecule has 0 unspecified atom stereocenters. The lowest BCUT2D eigenvalue weighted by molar-refractivity contribution is -0.119. The number of carbonyl (C=O) groups is 1. The molecule has 0 aromatic carbocycles. The number of carbonyl (C=O) groups excluding carboxylic acids is 1. The van der Waals surface area contributed by atoms with Crippen molar-refractivity contribution in [2.75, 3.05) is 6.73 Å². The van der Waals surface area contributed by atoms with Crippen molar-refractivity contribution in [2.45, 2.75) is 20.8 Å². The van der Waals surface area contributed by atoms with Crippen LogP contribution in [0.15, 0.2) is 0 Å². The van der Waals surface area contributed by atoms with Crippen LogP contribution in [-0.2, 0) is 4.79 Å². The lowest BCUT2D eigenvalue weighted by Gasteiger charge is -2.15. The third-order valence-electron chi connectivity index (χ3n) is 0.817. The average Bonchev–Trinajstić information content (AvgIpc) is 1.59. The molecule has 0 aromatic rings. The van der Waals surface area contributed by atoms with Crippen LogP contribution in [0.1, 0.15) is 20.8 Å². The topological polar surface area (TPSA) is 49.3 Å². The summed E-state index contributed by atoms with van der Waals surface area (Å²) < 4.78 is 0. The Morgan fingerprint density at radius 2 is 2.10 bits per heavy atom. The molecule has 3 heteroatoms. The van der Waals surface area contributed by atoms with Gasteiger partial charge in [0.25, 0.3) is 0 Å². The summed E-state index contributed by atoms with van der Waals surface area (Å²) in [6.07, 6.45) is 1.53. The van der Waals surface area contributed by atoms with Gasteiger partial charge in [-0.3, -0.25) is 4.79 Å². The van der Waals surface area contributed by atoms with E-state index in [4.69, 9.17) is 5.11 Å². The molecule has 0 heterocycles. The Hall–Kier alpha value is -0.570. The van der Waals surface area contributed by atoms with Crippen LogP contribution >= 0.6 is 0 Å². The van der Waals surface area contributed by atoms with Crippen molar-refractivity contribution in [3.63, 3.8) is 0 Å². The second kappa shape index (κ2) is 3.56. The van der Waals surface area contributed by atoms with Gasteiger partial charge in [-0.25, -0.2) is 0 Å². The molecule has 1 amide bonds. The number of hydrogen-bond donors (Lipinski definition) is 2. The first-order valence-electron chi connectivity index (χ1n) is 3.20. The number of amides is 1. The monoisotopic (exact) mass is 144 g/mol. The van der Waals surface area contributed by atoms with Crippen molar-refractivity contribution in [3.05, 3.63) is 6.42 Å². The van der Waals surface area contributed by atoms with Crippen LogP contribution in [0.3, 0.4) is 0 Å². The number of rotatable bonds is 2. The molecular formula is C7H14NO2. The number of hydrogen-bond acceptors (Lipinski definition) is 2. The summed E-state index contributed by atoms with van der Waals surface area (Å²) in [5.41, 5.74) is -0.126. The SMILES string of the molecule is CC(C)(C)[CH]C(=O)NCO. The normalized spacial score (nSPS) is 11.2. The first-order chi connectivity index (χ1) is 4.45. The van der Waals surface area contributed by atoms with Crippen molar-refractivity contribution in [3.8, 4) is 0 Å². The highest BCUT2D eigenvalue weighted by atomic mass is 16.3. The fourth-order valence-corrected chi connectivity index (χ4v) is 0.522. The lowest BCUT2D eigenvalue weighted by atomic mass is 9.92. The van der Waals surface area contributed by atoms with E-state index in [0.717, 1.165) is 0 Å². The molecule has 0 aliphatic carbocycles. The first-order valence-corrected chi connectivity index (χ1v) is 3.20. The van der Waals surface area contributed by atoms with Crippen LogP contribution < -0.4 is 5.32 Å². The Morgan fingerprint density at radius 3 is 2.40 bits per heavy atom. The highest BCUT2D eigenvalue weighted by Gasteiger charge is 2.15. The molecule has 0 bridgehead atoms. The molecule has 0 atom stereocenters. The maximum absolute atomic E-state index is 10.7. The standard InChI is InChI=1S/C7H14NO2/c1-7(2,3)4-6(10)8-5-9/h4,9H,5H2,1-3H3,(H,8,10). The van der Waals surface area contributed by atoms with Crippen LogP contribution in [0.2, 0.25) is 0 Å². The van der Waals surface area contributed by atoms with Gasteiger partial charge in [0.1, 0.15) is 6.73 Å². The largest absolute Gasteiger partial charge is 0.377 e. The summed E-state index contributed by atoms with van der Waals surface area (Å²) in [4.78, 5) is 10.7. The lowest BCUT2D eigenvalue weighted by Crippen LogP contribution is -2.28. The number of aliphatic hydroxyl groups excluding tert-OH is 1. The van der Waals surface area contributed by atoms with E-state index >= 15 is 0 Å². The average molecular weight is 144 g/mol. The third kappa shape index (κ3) is 5.56. The summed E-state index contributed by atoms with van der Waals surface area (Å²) >= 11 is 0. The van der Waals surface area contributed by atoms with Crippen molar-refractivity contribution < 1.29 is 9.90 Å². The van der Waals surface area contributed by atoms with Gasteiger partial charge >= 0.3 is 0 Å². The molecule has 2 N–H and O–H groups in total. The molecule has 0 aliphatic heterocycles. The van der Waals surface area contributed by atoms with Gasteiger partial charge in [-0.05, 0) is 5.41 Å². The second-order valence-electron chi connectivity index (χ2n) is 3.21. The number of aliphatic hydroxyl groups is 1. The third-order valence-corrected chi connectivity index (χ3v) is 0.817. The zero-order chi connectivity index (χ0) is 8.20. The molecular weight excluding hydrogens is 130 g/mol. The summed E-state index contributed by atoms with van der Waals surface area (Å²) in [6, 6.07) is 0. The van der Waals surface area contributed by atoms with Gasteiger partial charge < -0.3 is 10.4 Å². The van der Waals surface area contributed by atoms with Gasteiger partial charge in [0.05, 0.1) is 6.42 Å². The van der Waals surface area contributed by atoms with Crippen LogP contribution in [-0.4, -0.2) is 17.7 Å². The minimum Gasteiger partial charge on any atom is -0.377 e. The van der Waals surface area contributed by atoms with Crippen molar-refractivity contribution in [1.29, 1.82) is 0 Å². The summed E-state index contributed by atoms with van der Waals surface area (Å²) in [7, 11) is 0. The van der Waals surface area contributed by atoms with Crippen LogP contribution in [0.25, 0.3) is 0 Å². The van der Waals surface area contributed by atoms with Gasteiger partial charge in [0.15, 0.2) is 0 Å². The Balaban J connectivity index is 3.58. The van der Waals surface area contributed by atoms with Crippen LogP contribution in [0.5, 0.6) is 0 Å². The van der Waals surface area contributed by atoms with E-state index in [-0.39, 0.29) is 18.1 Å². The summed E-state index contributed by atoms with van der Waals surface area (Å²) in [5, 5.41) is 10.5. The second-order valence-corrected chi connectivity index (χ2v) is 3.21. The Labute approximate surface area is 61.4 Å². The van der Waals surface area contributed by atoms with E-state index in [1.54, 1.807) is 0 Å². The molecule has 10 heavy (non-hydrogen) atoms. The van der Waals surface area contributed by atoms with Gasteiger partial charge in [-0.2, -0.15) is 0 Å². The van der Waals surface area contributed by atoms with Crippen molar-refractivity contribution in [1.82, 2.24) is 5.32 Å². The maximum Gasteiger partial charge on any atom is 0.226 e. The fraction of sp³-hybridized carbons (Fsp3) is 0.714. The first kappa shape index (κ1) is 9.43. The van der Waals surface area contributed by atoms with E-state index in [1.807, 2.05) is 20.8 Å². The van der Waals surface area contributed by atoms with Gasteiger partial charge in [0.2, 0.25) is 5.91 Å². The molecule has 0 aromatic heterocycles. The van der Waals surface area contributed by atoms with Gasteiger partial charge in [0, 0.05) is 0 Å². The van der Waals surface area contributed by atoms with Crippen molar-refractivity contribution in [2.24, 2.45) is 5.41 Å². The van der Waals surface area contributed by atoms with E-state index in [0.29, 0.717) is 0 Å². The molecule has 0 saturated carbocycles.